The fourth-order valence-electron chi connectivity index (χ4n) is 3.90. The number of rotatable bonds is 10. The monoisotopic (exact) mass is 506 g/mol. The number of halogens is 2. The number of thiazole rings is 1. The molecule has 1 heterocycles. The zero-order valence-corrected chi connectivity index (χ0v) is 19.6. The van der Waals surface area contributed by atoms with Crippen LogP contribution in [0.5, 0.6) is 0 Å². The van der Waals surface area contributed by atoms with Crippen LogP contribution in [-0.4, -0.2) is 68.3 Å². The van der Waals surface area contributed by atoms with E-state index in [1.165, 1.54) is 6.20 Å². The Bertz CT molecular complexity index is 1020. The Morgan fingerprint density at radius 3 is 2.88 bits per heavy atom. The molecule has 1 aliphatic rings. The topological polar surface area (TPSA) is 121 Å². The number of nitrogens with zero attached hydrogens (tertiary/aromatic N) is 2. The average Bonchev–Trinajstić information content (AvgIpc) is 3.23. The van der Waals surface area contributed by atoms with Crippen LogP contribution in [0.3, 0.4) is 0 Å². The van der Waals surface area contributed by atoms with Gasteiger partial charge in [-0.3, -0.25) is 14.4 Å². The molecule has 3 N–H and O–H groups in total. The van der Waals surface area contributed by atoms with Gasteiger partial charge in [0.2, 0.25) is 0 Å². The summed E-state index contributed by atoms with van der Waals surface area (Å²) in [5.41, 5.74) is 0.219. The van der Waals surface area contributed by atoms with Crippen molar-refractivity contribution in [3.63, 3.8) is 0 Å². The summed E-state index contributed by atoms with van der Waals surface area (Å²) in [5.74, 6) is -0.974. The summed E-state index contributed by atoms with van der Waals surface area (Å²) in [6.07, 6.45) is 3.10. The summed E-state index contributed by atoms with van der Waals surface area (Å²) >= 11 is 7.38. The lowest BCUT2D eigenvalue weighted by Gasteiger charge is -2.42. The molecule has 32 heavy (non-hydrogen) atoms. The van der Waals surface area contributed by atoms with E-state index in [-0.39, 0.29) is 34.5 Å². The summed E-state index contributed by atoms with van der Waals surface area (Å²) in [7, 11) is -2.42. The molecule has 0 aliphatic heterocycles. The zero-order valence-electron chi connectivity index (χ0n) is 17.2. The van der Waals surface area contributed by atoms with Crippen LogP contribution in [-0.2, 0) is 19.6 Å². The Labute approximate surface area is 194 Å². The SMILES string of the molecule is CN(CCO)[C@H]1C(OC=O)CCC[C@@H]1Nc1cc(F)c(S(=O)(=O)Nc2nccs2)cc1Cl. The summed E-state index contributed by atoms with van der Waals surface area (Å²) < 4.78 is 47.4. The minimum Gasteiger partial charge on any atom is -0.463 e. The maximum atomic E-state index is 14.8. The summed E-state index contributed by atoms with van der Waals surface area (Å²) in [6.45, 7) is 0.666. The second kappa shape index (κ2) is 10.8. The lowest BCUT2D eigenvalue weighted by molar-refractivity contribution is -0.139. The minimum absolute atomic E-state index is 0.0212. The Morgan fingerprint density at radius 2 is 2.22 bits per heavy atom. The summed E-state index contributed by atoms with van der Waals surface area (Å²) in [6, 6.07) is 1.50. The standard InChI is InChI=1S/C19H24ClFN4O5S2/c1-25(6-7-26)18-14(3-2-4-16(18)30-11-27)23-15-10-13(21)17(9-12(15)20)32(28,29)24-19-22-5-8-31-19/h5,8-11,14,16,18,23,26H,2-4,6-7H2,1H3,(H,22,24)/t14-,16?,18+/m0/s1. The van der Waals surface area contributed by atoms with Gasteiger partial charge >= 0.3 is 0 Å². The number of sulfonamides is 1. The molecule has 3 rings (SSSR count). The van der Waals surface area contributed by atoms with Gasteiger partial charge in [0.25, 0.3) is 16.5 Å². The van der Waals surface area contributed by atoms with Gasteiger partial charge in [0.15, 0.2) is 5.13 Å². The number of nitrogens with one attached hydrogen (secondary N) is 2. The fraction of sp³-hybridized carbons (Fsp3) is 0.474. The predicted octanol–water partition coefficient (Wildman–Crippen LogP) is 2.54. The average molecular weight is 507 g/mol. The molecule has 1 aromatic carbocycles. The number of likely N-dealkylation sites (N-methyl/N-ethyl adjacent to an activating group) is 1. The molecule has 13 heteroatoms. The Balaban J connectivity index is 1.86. The van der Waals surface area contributed by atoms with Gasteiger partial charge in [0.1, 0.15) is 16.8 Å². The highest BCUT2D eigenvalue weighted by Crippen LogP contribution is 2.33. The van der Waals surface area contributed by atoms with Gasteiger partial charge in [0, 0.05) is 24.2 Å². The number of benzene rings is 1. The molecule has 3 atom stereocenters. The maximum absolute atomic E-state index is 14.8. The minimum atomic E-state index is -4.22. The molecule has 1 unspecified atom stereocenters. The summed E-state index contributed by atoms with van der Waals surface area (Å²) in [4.78, 5) is 16.1. The van der Waals surface area contributed by atoms with E-state index in [1.807, 2.05) is 4.90 Å². The van der Waals surface area contributed by atoms with E-state index in [0.717, 1.165) is 29.9 Å². The van der Waals surface area contributed by atoms with Gasteiger partial charge in [-0.2, -0.15) is 0 Å². The van der Waals surface area contributed by atoms with Gasteiger partial charge in [0.05, 0.1) is 23.4 Å². The van der Waals surface area contributed by atoms with Gasteiger partial charge < -0.3 is 15.2 Å². The first-order chi connectivity index (χ1) is 15.3. The Morgan fingerprint density at radius 1 is 1.44 bits per heavy atom. The second-order valence-electron chi connectivity index (χ2n) is 7.35. The van der Waals surface area contributed by atoms with Crippen molar-refractivity contribution in [2.24, 2.45) is 0 Å². The number of aliphatic hydroxyl groups is 1. The number of aromatic nitrogens is 1. The van der Waals surface area contributed by atoms with Gasteiger partial charge in [-0.15, -0.1) is 11.3 Å². The van der Waals surface area contributed by atoms with E-state index in [1.54, 1.807) is 12.4 Å². The zero-order chi connectivity index (χ0) is 23.3. The van der Waals surface area contributed by atoms with Crippen molar-refractivity contribution in [3.05, 3.63) is 34.5 Å². The number of anilines is 2. The lowest BCUT2D eigenvalue weighted by Crippen LogP contribution is -2.55. The fourth-order valence-corrected chi connectivity index (χ4v) is 6.06. The Kier molecular flexibility index (Phi) is 8.28. The third-order valence-electron chi connectivity index (χ3n) is 5.29. The highest BCUT2D eigenvalue weighted by atomic mass is 35.5. The molecule has 0 saturated heterocycles. The van der Waals surface area contributed by atoms with Gasteiger partial charge in [-0.25, -0.2) is 17.8 Å². The smallest absolute Gasteiger partial charge is 0.293 e. The van der Waals surface area contributed by atoms with E-state index in [4.69, 9.17) is 16.3 Å². The molecule has 176 valence electrons. The van der Waals surface area contributed by atoms with E-state index >= 15 is 0 Å². The first-order valence-electron chi connectivity index (χ1n) is 9.85. The van der Waals surface area contributed by atoms with Crippen molar-refractivity contribution in [3.8, 4) is 0 Å². The largest absolute Gasteiger partial charge is 0.463 e. The van der Waals surface area contributed by atoms with Crippen LogP contribution in [0.25, 0.3) is 0 Å². The van der Waals surface area contributed by atoms with Crippen molar-refractivity contribution < 1.29 is 27.4 Å². The number of hydrogen-bond donors (Lipinski definition) is 3. The van der Waals surface area contributed by atoms with Crippen LogP contribution in [0.2, 0.25) is 5.02 Å². The van der Waals surface area contributed by atoms with E-state index in [0.29, 0.717) is 25.9 Å². The van der Waals surface area contributed by atoms with Crippen molar-refractivity contribution in [2.45, 2.75) is 42.3 Å². The molecule has 0 radical (unpaired) electrons. The third kappa shape index (κ3) is 5.67. The van der Waals surface area contributed by atoms with Crippen molar-refractivity contribution in [1.82, 2.24) is 9.88 Å². The molecular weight excluding hydrogens is 483 g/mol. The molecule has 1 fully saturated rings. The maximum Gasteiger partial charge on any atom is 0.293 e. The van der Waals surface area contributed by atoms with Crippen molar-refractivity contribution in [2.75, 3.05) is 30.2 Å². The highest BCUT2D eigenvalue weighted by Gasteiger charge is 2.37. The Hall–Kier alpha value is -1.99. The lowest BCUT2D eigenvalue weighted by atomic mass is 9.86. The third-order valence-corrected chi connectivity index (χ3v) is 7.78. The van der Waals surface area contributed by atoms with Crippen LogP contribution in [0.4, 0.5) is 15.2 Å². The number of aliphatic hydroxyl groups excluding tert-OH is 1. The molecule has 0 spiro atoms. The summed E-state index contributed by atoms with van der Waals surface area (Å²) in [5, 5.41) is 14.2. The van der Waals surface area contributed by atoms with E-state index in [2.05, 4.69) is 15.0 Å². The predicted molar refractivity (Wildman–Crippen MR) is 120 cm³/mol. The molecular formula is C19H24ClFN4O5S2. The number of carbonyl (C=O) groups excluding carboxylic acids is 1. The molecule has 1 aromatic heterocycles. The molecule has 0 bridgehead atoms. The molecule has 1 aliphatic carbocycles. The van der Waals surface area contributed by atoms with Crippen LogP contribution < -0.4 is 10.0 Å². The number of hydrogen-bond acceptors (Lipinski definition) is 9. The normalized spacial score (nSPS) is 21.3. The second-order valence-corrected chi connectivity index (χ2v) is 10.3. The van der Waals surface area contributed by atoms with E-state index in [9.17, 15) is 22.7 Å². The number of ether oxygens (including phenoxy) is 1. The van der Waals surface area contributed by atoms with Crippen LogP contribution >= 0.6 is 22.9 Å². The first-order valence-corrected chi connectivity index (χ1v) is 12.6. The van der Waals surface area contributed by atoms with Crippen LogP contribution in [0.15, 0.2) is 28.6 Å². The molecule has 1 saturated carbocycles. The van der Waals surface area contributed by atoms with E-state index < -0.39 is 26.8 Å². The van der Waals surface area contributed by atoms with Crippen LogP contribution in [0.1, 0.15) is 19.3 Å². The molecule has 2 aromatic rings. The van der Waals surface area contributed by atoms with Gasteiger partial charge in [-0.1, -0.05) is 11.6 Å². The highest BCUT2D eigenvalue weighted by molar-refractivity contribution is 7.93. The quantitative estimate of drug-likeness (QED) is 0.420. The molecule has 0 amide bonds. The van der Waals surface area contributed by atoms with Gasteiger partial charge in [-0.05, 0) is 38.4 Å². The van der Waals surface area contributed by atoms with Crippen molar-refractivity contribution in [1.29, 1.82) is 0 Å². The van der Waals surface area contributed by atoms with Crippen molar-refractivity contribution >= 4 is 50.3 Å². The number of carbonyl (C=O) groups is 1. The van der Waals surface area contributed by atoms with Crippen LogP contribution in [0, 0.1) is 5.82 Å². The first kappa shape index (κ1) is 24.6. The molecule has 9 nitrogen and oxygen atoms in total.